The van der Waals surface area contributed by atoms with E-state index in [0.717, 1.165) is 5.56 Å². The quantitative estimate of drug-likeness (QED) is 0.907. The minimum absolute atomic E-state index is 0.137. The smallest absolute Gasteiger partial charge is 0.270 e. The van der Waals surface area contributed by atoms with Gasteiger partial charge in [0.25, 0.3) is 11.9 Å². The van der Waals surface area contributed by atoms with Crippen molar-refractivity contribution in [2.24, 2.45) is 0 Å². The molecule has 1 N–H and O–H groups in total. The van der Waals surface area contributed by atoms with E-state index in [-0.39, 0.29) is 18.5 Å². The molecule has 0 atom stereocenters. The lowest BCUT2D eigenvalue weighted by Crippen LogP contribution is -2.21. The summed E-state index contributed by atoms with van der Waals surface area (Å²) in [6.45, 7) is 4.19. The van der Waals surface area contributed by atoms with Crippen molar-refractivity contribution in [1.82, 2.24) is 20.2 Å². The number of nitrogens with one attached hydrogen (secondary N) is 1. The fourth-order valence-corrected chi connectivity index (χ4v) is 1.56. The SMILES string of the molecule is CCn1nnc(NC(=O)COc2ccc(Cl)c(C)c2)n1. The summed E-state index contributed by atoms with van der Waals surface area (Å²) in [5.41, 5.74) is 0.886. The van der Waals surface area contributed by atoms with Gasteiger partial charge in [0.15, 0.2) is 6.61 Å². The molecule has 8 heteroatoms. The number of amides is 1. The number of benzene rings is 1. The van der Waals surface area contributed by atoms with E-state index in [2.05, 4.69) is 20.7 Å². The first-order valence-electron chi connectivity index (χ1n) is 6.05. The molecule has 2 aromatic rings. The number of ether oxygens (including phenoxy) is 1. The summed E-state index contributed by atoms with van der Waals surface area (Å²) in [5, 5.41) is 14.5. The average molecular weight is 296 g/mol. The molecular formula is C12H14ClN5O2. The Kier molecular flexibility index (Phi) is 4.52. The Morgan fingerprint density at radius 1 is 1.50 bits per heavy atom. The fourth-order valence-electron chi connectivity index (χ4n) is 1.44. The molecular weight excluding hydrogens is 282 g/mol. The van der Waals surface area contributed by atoms with Gasteiger partial charge in [0, 0.05) is 5.02 Å². The molecule has 0 aliphatic carbocycles. The Bertz CT molecular complexity index is 614. The van der Waals surface area contributed by atoms with Gasteiger partial charge < -0.3 is 4.74 Å². The highest BCUT2D eigenvalue weighted by Gasteiger charge is 2.08. The lowest BCUT2D eigenvalue weighted by molar-refractivity contribution is -0.118. The summed E-state index contributed by atoms with van der Waals surface area (Å²) >= 11 is 5.91. The number of carbonyl (C=O) groups excluding carboxylic acids is 1. The summed E-state index contributed by atoms with van der Waals surface area (Å²) in [6.07, 6.45) is 0. The van der Waals surface area contributed by atoms with Crippen molar-refractivity contribution in [3.05, 3.63) is 28.8 Å². The minimum Gasteiger partial charge on any atom is -0.484 e. The van der Waals surface area contributed by atoms with Gasteiger partial charge in [-0.3, -0.25) is 10.1 Å². The largest absolute Gasteiger partial charge is 0.484 e. The van der Waals surface area contributed by atoms with Crippen LogP contribution in [0, 0.1) is 6.92 Å². The lowest BCUT2D eigenvalue weighted by atomic mass is 10.2. The number of anilines is 1. The number of aryl methyl sites for hydroxylation is 2. The van der Waals surface area contributed by atoms with Gasteiger partial charge in [-0.25, -0.2) is 0 Å². The highest BCUT2D eigenvalue weighted by Crippen LogP contribution is 2.20. The van der Waals surface area contributed by atoms with Crippen LogP contribution in [-0.4, -0.2) is 32.7 Å². The molecule has 0 saturated heterocycles. The summed E-state index contributed by atoms with van der Waals surface area (Å²) < 4.78 is 5.36. The molecule has 0 saturated carbocycles. The van der Waals surface area contributed by atoms with Crippen LogP contribution in [0.5, 0.6) is 5.75 Å². The predicted octanol–water partition coefficient (Wildman–Crippen LogP) is 1.67. The van der Waals surface area contributed by atoms with Crippen molar-refractivity contribution in [3.8, 4) is 5.75 Å². The van der Waals surface area contributed by atoms with Crippen LogP contribution in [0.25, 0.3) is 0 Å². The van der Waals surface area contributed by atoms with E-state index in [0.29, 0.717) is 17.3 Å². The Labute approximate surface area is 120 Å². The Morgan fingerprint density at radius 3 is 2.95 bits per heavy atom. The number of hydrogen-bond donors (Lipinski definition) is 1. The van der Waals surface area contributed by atoms with Gasteiger partial charge in [-0.1, -0.05) is 16.7 Å². The number of hydrogen-bond acceptors (Lipinski definition) is 5. The number of aromatic nitrogens is 4. The van der Waals surface area contributed by atoms with E-state index in [9.17, 15) is 4.79 Å². The molecule has 0 fully saturated rings. The first kappa shape index (κ1) is 14.3. The third-order valence-corrected chi connectivity index (χ3v) is 2.91. The average Bonchev–Trinajstić information content (AvgIpc) is 2.88. The molecule has 7 nitrogen and oxygen atoms in total. The predicted molar refractivity (Wildman–Crippen MR) is 73.8 cm³/mol. The lowest BCUT2D eigenvalue weighted by Gasteiger charge is -2.06. The van der Waals surface area contributed by atoms with Crippen LogP contribution in [0.2, 0.25) is 5.02 Å². The second-order valence-corrected chi connectivity index (χ2v) is 4.46. The number of nitrogens with zero attached hydrogens (tertiary/aromatic N) is 4. The Balaban J connectivity index is 1.87. The molecule has 1 aromatic heterocycles. The molecule has 0 spiro atoms. The standard InChI is InChI=1S/C12H14ClN5O2/c1-3-18-16-12(15-17-18)14-11(19)7-20-9-4-5-10(13)8(2)6-9/h4-6H,3,7H2,1-2H3,(H,14,16,19). The Hall–Kier alpha value is -2.15. The van der Waals surface area contributed by atoms with Crippen LogP contribution in [0.3, 0.4) is 0 Å². The third kappa shape index (κ3) is 3.67. The Morgan fingerprint density at radius 2 is 2.30 bits per heavy atom. The summed E-state index contributed by atoms with van der Waals surface area (Å²) in [6, 6.07) is 5.19. The topological polar surface area (TPSA) is 81.9 Å². The minimum atomic E-state index is -0.353. The van der Waals surface area contributed by atoms with Crippen LogP contribution >= 0.6 is 11.6 Å². The maximum absolute atomic E-state index is 11.7. The molecule has 0 aliphatic rings. The van der Waals surface area contributed by atoms with Crippen molar-refractivity contribution in [1.29, 1.82) is 0 Å². The maximum Gasteiger partial charge on any atom is 0.270 e. The molecule has 2 rings (SSSR count). The number of tetrazole rings is 1. The molecule has 0 aliphatic heterocycles. The van der Waals surface area contributed by atoms with E-state index >= 15 is 0 Å². The highest BCUT2D eigenvalue weighted by atomic mass is 35.5. The van der Waals surface area contributed by atoms with Gasteiger partial charge in [0.05, 0.1) is 6.54 Å². The first-order valence-corrected chi connectivity index (χ1v) is 6.43. The van der Waals surface area contributed by atoms with Crippen molar-refractivity contribution in [2.45, 2.75) is 20.4 Å². The van der Waals surface area contributed by atoms with Crippen molar-refractivity contribution in [2.75, 3.05) is 11.9 Å². The molecule has 106 valence electrons. The zero-order chi connectivity index (χ0) is 14.5. The van der Waals surface area contributed by atoms with Gasteiger partial charge in [0.1, 0.15) is 5.75 Å². The fraction of sp³-hybridized carbons (Fsp3) is 0.333. The van der Waals surface area contributed by atoms with E-state index in [4.69, 9.17) is 16.3 Å². The third-order valence-electron chi connectivity index (χ3n) is 2.49. The van der Waals surface area contributed by atoms with Crippen LogP contribution in [0.1, 0.15) is 12.5 Å². The van der Waals surface area contributed by atoms with Crippen molar-refractivity contribution >= 4 is 23.5 Å². The van der Waals surface area contributed by atoms with Crippen molar-refractivity contribution < 1.29 is 9.53 Å². The molecule has 1 aromatic carbocycles. The number of carbonyl (C=O) groups is 1. The number of halogens is 1. The zero-order valence-corrected chi connectivity index (χ0v) is 11.9. The molecule has 20 heavy (non-hydrogen) atoms. The van der Waals surface area contributed by atoms with Gasteiger partial charge in [-0.05, 0) is 42.8 Å². The molecule has 1 amide bonds. The van der Waals surface area contributed by atoms with Crippen LogP contribution in [0.15, 0.2) is 18.2 Å². The molecule has 0 radical (unpaired) electrons. The molecule has 0 bridgehead atoms. The second-order valence-electron chi connectivity index (χ2n) is 4.05. The molecule has 1 heterocycles. The zero-order valence-electron chi connectivity index (χ0n) is 11.1. The van der Waals surface area contributed by atoms with Gasteiger partial charge in [-0.15, -0.1) is 5.10 Å². The monoisotopic (exact) mass is 295 g/mol. The summed E-state index contributed by atoms with van der Waals surface area (Å²) in [5.74, 6) is 0.383. The van der Waals surface area contributed by atoms with Gasteiger partial charge >= 0.3 is 0 Å². The van der Waals surface area contributed by atoms with E-state index in [1.54, 1.807) is 18.2 Å². The summed E-state index contributed by atoms with van der Waals surface area (Å²) in [4.78, 5) is 13.0. The normalized spacial score (nSPS) is 10.3. The van der Waals surface area contributed by atoms with Crippen LogP contribution in [-0.2, 0) is 11.3 Å². The van der Waals surface area contributed by atoms with Gasteiger partial charge in [0.2, 0.25) is 0 Å². The van der Waals surface area contributed by atoms with E-state index in [1.807, 2.05) is 13.8 Å². The van der Waals surface area contributed by atoms with Crippen molar-refractivity contribution in [3.63, 3.8) is 0 Å². The van der Waals surface area contributed by atoms with Crippen LogP contribution in [0.4, 0.5) is 5.95 Å². The van der Waals surface area contributed by atoms with E-state index < -0.39 is 0 Å². The van der Waals surface area contributed by atoms with Gasteiger partial charge in [-0.2, -0.15) is 4.80 Å². The first-order chi connectivity index (χ1) is 9.58. The number of rotatable bonds is 5. The van der Waals surface area contributed by atoms with E-state index in [1.165, 1.54) is 4.80 Å². The highest BCUT2D eigenvalue weighted by molar-refractivity contribution is 6.31. The maximum atomic E-state index is 11.7. The van der Waals surface area contributed by atoms with Crippen LogP contribution < -0.4 is 10.1 Å². The molecule has 0 unspecified atom stereocenters. The summed E-state index contributed by atoms with van der Waals surface area (Å²) in [7, 11) is 0. The second kappa shape index (κ2) is 6.33.